The second-order valence-corrected chi connectivity index (χ2v) is 6.56. The number of amides is 1. The average molecular weight is 325 g/mol. The summed E-state index contributed by atoms with van der Waals surface area (Å²) in [7, 11) is 0. The lowest BCUT2D eigenvalue weighted by Gasteiger charge is -2.37. The second-order valence-electron chi connectivity index (χ2n) is 5.64. The van der Waals surface area contributed by atoms with Crippen LogP contribution < -0.4 is 5.73 Å². The highest BCUT2D eigenvalue weighted by Gasteiger charge is 2.28. The van der Waals surface area contributed by atoms with Crippen LogP contribution in [0.25, 0.3) is 0 Å². The zero-order valence-electron chi connectivity index (χ0n) is 11.7. The summed E-state index contributed by atoms with van der Waals surface area (Å²) in [6, 6.07) is 4.02. The summed E-state index contributed by atoms with van der Waals surface area (Å²) in [6.07, 6.45) is 2.16. The molecule has 2 atom stereocenters. The first-order chi connectivity index (χ1) is 8.90. The van der Waals surface area contributed by atoms with E-state index in [-0.39, 0.29) is 5.91 Å². The molecule has 0 saturated carbocycles. The van der Waals surface area contributed by atoms with E-state index in [0.29, 0.717) is 23.2 Å². The summed E-state index contributed by atoms with van der Waals surface area (Å²) in [6.45, 7) is 7.13. The number of nitrogens with zero attached hydrogens (tertiary/aromatic N) is 1. The summed E-state index contributed by atoms with van der Waals surface area (Å²) in [5.41, 5.74) is 8.20. The second kappa shape index (κ2) is 5.53. The lowest BCUT2D eigenvalue weighted by molar-refractivity contribution is 0.0588. The molecule has 1 amide bonds. The molecule has 1 fully saturated rings. The minimum atomic E-state index is 0.102. The van der Waals surface area contributed by atoms with Crippen molar-refractivity contribution in [2.75, 3.05) is 12.3 Å². The van der Waals surface area contributed by atoms with E-state index in [1.807, 2.05) is 24.0 Å². The normalized spacial score (nSPS) is 23.5. The van der Waals surface area contributed by atoms with Crippen molar-refractivity contribution < 1.29 is 4.79 Å². The summed E-state index contributed by atoms with van der Waals surface area (Å²) >= 11 is 3.41. The third kappa shape index (κ3) is 2.94. The molecule has 19 heavy (non-hydrogen) atoms. The van der Waals surface area contributed by atoms with E-state index in [9.17, 15) is 4.79 Å². The van der Waals surface area contributed by atoms with Gasteiger partial charge in [-0.3, -0.25) is 4.79 Å². The predicted molar refractivity (Wildman–Crippen MR) is 82.2 cm³/mol. The minimum Gasteiger partial charge on any atom is -0.398 e. The van der Waals surface area contributed by atoms with E-state index in [1.165, 1.54) is 0 Å². The highest BCUT2D eigenvalue weighted by atomic mass is 79.9. The predicted octanol–water partition coefficient (Wildman–Crippen LogP) is 3.60. The van der Waals surface area contributed by atoms with Crippen LogP contribution in [0.1, 0.15) is 42.6 Å². The Balaban J connectivity index is 2.29. The molecule has 2 N–H and O–H groups in total. The van der Waals surface area contributed by atoms with E-state index in [0.717, 1.165) is 29.4 Å². The fourth-order valence-corrected chi connectivity index (χ4v) is 3.26. The van der Waals surface area contributed by atoms with Crippen LogP contribution in [0.4, 0.5) is 5.69 Å². The fraction of sp³-hybridized carbons (Fsp3) is 0.533. The van der Waals surface area contributed by atoms with Crippen LogP contribution in [0.2, 0.25) is 0 Å². The first kappa shape index (κ1) is 14.4. The number of hydrogen-bond donors (Lipinski definition) is 1. The third-order valence-electron chi connectivity index (χ3n) is 4.04. The molecule has 4 heteroatoms. The van der Waals surface area contributed by atoms with Gasteiger partial charge in [0.05, 0.1) is 0 Å². The molecule has 0 bridgehead atoms. The summed E-state index contributed by atoms with van der Waals surface area (Å²) in [4.78, 5) is 14.7. The molecule has 1 aromatic rings. The Hall–Kier alpha value is -1.03. The largest absolute Gasteiger partial charge is 0.398 e. The van der Waals surface area contributed by atoms with Crippen molar-refractivity contribution >= 4 is 27.5 Å². The Bertz CT molecular complexity index is 501. The maximum atomic E-state index is 12.7. The number of nitrogens with two attached hydrogens (primary N) is 1. The first-order valence-electron chi connectivity index (χ1n) is 6.76. The standard InChI is InChI=1S/C15H21BrN2O/c1-9-4-5-18(10(2)6-9)15(19)13-7-12(16)8-14(17)11(13)3/h7-10H,4-6,17H2,1-3H3. The number of benzene rings is 1. The molecule has 0 aliphatic carbocycles. The zero-order chi connectivity index (χ0) is 14.2. The molecule has 1 saturated heterocycles. The molecule has 0 spiro atoms. The van der Waals surface area contributed by atoms with E-state index in [2.05, 4.69) is 29.8 Å². The Morgan fingerprint density at radius 1 is 1.42 bits per heavy atom. The van der Waals surface area contributed by atoms with Gasteiger partial charge in [-0.2, -0.15) is 0 Å². The van der Waals surface area contributed by atoms with Crippen molar-refractivity contribution in [3.63, 3.8) is 0 Å². The molecule has 2 unspecified atom stereocenters. The number of likely N-dealkylation sites (tertiary alicyclic amines) is 1. The van der Waals surface area contributed by atoms with E-state index < -0.39 is 0 Å². The molecule has 0 radical (unpaired) electrons. The van der Waals surface area contributed by atoms with Crippen LogP contribution in [-0.2, 0) is 0 Å². The van der Waals surface area contributed by atoms with Gasteiger partial charge < -0.3 is 10.6 Å². The lowest BCUT2D eigenvalue weighted by atomic mass is 9.92. The smallest absolute Gasteiger partial charge is 0.254 e. The summed E-state index contributed by atoms with van der Waals surface area (Å²) in [5, 5.41) is 0. The van der Waals surface area contributed by atoms with Gasteiger partial charge in [-0.1, -0.05) is 22.9 Å². The van der Waals surface area contributed by atoms with Gasteiger partial charge in [0.1, 0.15) is 0 Å². The number of hydrogen-bond acceptors (Lipinski definition) is 2. The monoisotopic (exact) mass is 324 g/mol. The number of nitrogen functional groups attached to an aromatic ring is 1. The average Bonchev–Trinajstić information content (AvgIpc) is 2.33. The van der Waals surface area contributed by atoms with Gasteiger partial charge in [-0.05, 0) is 50.3 Å². The number of anilines is 1. The molecular weight excluding hydrogens is 304 g/mol. The van der Waals surface area contributed by atoms with Crippen LogP contribution >= 0.6 is 15.9 Å². The van der Waals surface area contributed by atoms with Crippen LogP contribution in [-0.4, -0.2) is 23.4 Å². The van der Waals surface area contributed by atoms with Gasteiger partial charge >= 0.3 is 0 Å². The van der Waals surface area contributed by atoms with E-state index in [1.54, 1.807) is 0 Å². The molecule has 1 aliphatic heterocycles. The van der Waals surface area contributed by atoms with Crippen molar-refractivity contribution in [3.8, 4) is 0 Å². The zero-order valence-corrected chi connectivity index (χ0v) is 13.3. The maximum absolute atomic E-state index is 12.7. The molecule has 1 aliphatic rings. The molecule has 1 heterocycles. The van der Waals surface area contributed by atoms with Crippen LogP contribution in [0, 0.1) is 12.8 Å². The van der Waals surface area contributed by atoms with Crippen LogP contribution in [0.15, 0.2) is 16.6 Å². The Kier molecular flexibility index (Phi) is 4.19. The highest BCUT2D eigenvalue weighted by Crippen LogP contribution is 2.28. The van der Waals surface area contributed by atoms with Crippen LogP contribution in [0.5, 0.6) is 0 Å². The Labute approximate surface area is 123 Å². The van der Waals surface area contributed by atoms with Crippen molar-refractivity contribution in [3.05, 3.63) is 27.7 Å². The highest BCUT2D eigenvalue weighted by molar-refractivity contribution is 9.10. The van der Waals surface area contributed by atoms with Gasteiger partial charge in [-0.15, -0.1) is 0 Å². The van der Waals surface area contributed by atoms with Crippen molar-refractivity contribution in [1.29, 1.82) is 0 Å². The quantitative estimate of drug-likeness (QED) is 0.802. The molecule has 1 aromatic carbocycles. The van der Waals surface area contributed by atoms with Crippen LogP contribution in [0.3, 0.4) is 0 Å². The topological polar surface area (TPSA) is 46.3 Å². The Morgan fingerprint density at radius 2 is 2.11 bits per heavy atom. The minimum absolute atomic E-state index is 0.102. The first-order valence-corrected chi connectivity index (χ1v) is 7.56. The summed E-state index contributed by atoms with van der Waals surface area (Å²) in [5.74, 6) is 0.803. The van der Waals surface area contributed by atoms with Gasteiger partial charge in [0.2, 0.25) is 0 Å². The SMILES string of the molecule is Cc1c(N)cc(Br)cc1C(=O)N1CCC(C)CC1C. The van der Waals surface area contributed by atoms with E-state index in [4.69, 9.17) is 5.73 Å². The lowest BCUT2D eigenvalue weighted by Crippen LogP contribution is -2.44. The number of carbonyl (C=O) groups excluding carboxylic acids is 1. The molecule has 104 valence electrons. The van der Waals surface area contributed by atoms with Gasteiger partial charge in [0.15, 0.2) is 0 Å². The number of rotatable bonds is 1. The molecule has 2 rings (SSSR count). The molecule has 3 nitrogen and oxygen atoms in total. The van der Waals surface area contributed by atoms with Gasteiger partial charge in [-0.25, -0.2) is 0 Å². The molecular formula is C15H21BrN2O. The van der Waals surface area contributed by atoms with Gasteiger partial charge in [0, 0.05) is 28.3 Å². The number of piperidine rings is 1. The van der Waals surface area contributed by atoms with E-state index >= 15 is 0 Å². The molecule has 0 aromatic heterocycles. The third-order valence-corrected chi connectivity index (χ3v) is 4.50. The van der Waals surface area contributed by atoms with Crippen molar-refractivity contribution in [1.82, 2.24) is 4.90 Å². The van der Waals surface area contributed by atoms with Crippen molar-refractivity contribution in [2.45, 2.75) is 39.7 Å². The number of halogens is 1. The van der Waals surface area contributed by atoms with Crippen molar-refractivity contribution in [2.24, 2.45) is 5.92 Å². The summed E-state index contributed by atoms with van der Waals surface area (Å²) < 4.78 is 0.858. The Morgan fingerprint density at radius 3 is 2.74 bits per heavy atom. The fourth-order valence-electron chi connectivity index (χ4n) is 2.79. The maximum Gasteiger partial charge on any atom is 0.254 e. The number of carbonyl (C=O) groups is 1. The van der Waals surface area contributed by atoms with Gasteiger partial charge in [0.25, 0.3) is 5.91 Å².